The van der Waals surface area contributed by atoms with Crippen LogP contribution in [0.1, 0.15) is 31.4 Å². The van der Waals surface area contributed by atoms with Gasteiger partial charge < -0.3 is 16.2 Å². The highest BCUT2D eigenvalue weighted by molar-refractivity contribution is 7.98. The molecule has 3 aromatic rings. The first kappa shape index (κ1) is 20.3. The van der Waals surface area contributed by atoms with Gasteiger partial charge in [-0.15, -0.1) is 0 Å². The second kappa shape index (κ2) is 9.19. The minimum absolute atomic E-state index is 0.0153. The second-order valence-corrected chi connectivity index (χ2v) is 8.79. The lowest BCUT2D eigenvalue weighted by Crippen LogP contribution is -2.26. The number of nitriles is 1. The van der Waals surface area contributed by atoms with Gasteiger partial charge in [-0.1, -0.05) is 49.1 Å². The van der Waals surface area contributed by atoms with Gasteiger partial charge in [0.05, 0.1) is 24.3 Å². The maximum atomic E-state index is 9.71. The Morgan fingerprint density at radius 1 is 1.32 bits per heavy atom. The maximum absolute atomic E-state index is 9.71. The maximum Gasteiger partial charge on any atom is 0.191 e. The summed E-state index contributed by atoms with van der Waals surface area (Å²) in [6.45, 7) is 4.24. The predicted octanol–water partition coefficient (Wildman–Crippen LogP) is 3.65. The molecule has 0 bridgehead atoms. The van der Waals surface area contributed by atoms with Gasteiger partial charge in [-0.05, 0) is 30.0 Å². The largest absolute Gasteiger partial charge is 0.394 e. The van der Waals surface area contributed by atoms with Gasteiger partial charge in [0.1, 0.15) is 4.70 Å². The number of nitrogens with one attached hydrogen (secondary N) is 1. The molecule has 0 fully saturated rings. The molecule has 7 nitrogen and oxygen atoms in total. The van der Waals surface area contributed by atoms with Crippen LogP contribution in [-0.4, -0.2) is 32.7 Å². The fraction of sp³-hybridized carbons (Fsp3) is 0.368. The third-order valence-corrected chi connectivity index (χ3v) is 5.79. The molecule has 0 aliphatic rings. The van der Waals surface area contributed by atoms with E-state index in [9.17, 15) is 5.11 Å². The van der Waals surface area contributed by atoms with Gasteiger partial charge in [0.15, 0.2) is 21.8 Å². The molecule has 2 heterocycles. The molecular weight excluding hydrogens is 392 g/mol. The summed E-state index contributed by atoms with van der Waals surface area (Å²) in [5.41, 5.74) is 8.08. The summed E-state index contributed by atoms with van der Waals surface area (Å²) in [5.74, 6) is 1.72. The fourth-order valence-electron chi connectivity index (χ4n) is 2.80. The molecule has 0 saturated carbocycles. The number of aliphatic hydroxyl groups excluding tert-OH is 1. The molecule has 0 saturated heterocycles. The lowest BCUT2D eigenvalue weighted by atomic mass is 10.0. The van der Waals surface area contributed by atoms with Crippen molar-refractivity contribution in [1.82, 2.24) is 15.0 Å². The molecule has 2 aromatic heterocycles. The van der Waals surface area contributed by atoms with E-state index in [1.807, 2.05) is 18.2 Å². The first-order valence-corrected chi connectivity index (χ1v) is 10.7. The van der Waals surface area contributed by atoms with Crippen LogP contribution in [0.2, 0.25) is 0 Å². The summed E-state index contributed by atoms with van der Waals surface area (Å²) in [6.07, 6.45) is 0.819. The number of nitrogens with two attached hydrogens (primary N) is 1. The Bertz CT molecular complexity index is 998. The monoisotopic (exact) mass is 414 g/mol. The zero-order chi connectivity index (χ0) is 20.1. The van der Waals surface area contributed by atoms with E-state index in [1.54, 1.807) is 6.07 Å². The summed E-state index contributed by atoms with van der Waals surface area (Å²) in [7, 11) is 0. The fourth-order valence-corrected chi connectivity index (χ4v) is 4.31. The number of hydrogen-bond donors (Lipinski definition) is 3. The van der Waals surface area contributed by atoms with Crippen LogP contribution >= 0.6 is 23.1 Å². The first-order chi connectivity index (χ1) is 13.5. The van der Waals surface area contributed by atoms with Crippen molar-refractivity contribution in [2.75, 3.05) is 17.7 Å². The third-order valence-electron chi connectivity index (χ3n) is 3.99. The zero-order valence-corrected chi connectivity index (χ0v) is 17.3. The quantitative estimate of drug-likeness (QED) is 0.377. The molecule has 0 radical (unpaired) electrons. The molecule has 3 rings (SSSR count). The van der Waals surface area contributed by atoms with Crippen molar-refractivity contribution >= 4 is 44.4 Å². The summed E-state index contributed by atoms with van der Waals surface area (Å²) in [6, 6.07) is 9.51. The Balaban J connectivity index is 1.85. The van der Waals surface area contributed by atoms with Gasteiger partial charge in [0, 0.05) is 5.75 Å². The molecule has 146 valence electrons. The minimum atomic E-state index is -0.105. The number of thioether (sulfide) groups is 1. The highest BCUT2D eigenvalue weighted by atomic mass is 32.2. The van der Waals surface area contributed by atoms with Crippen molar-refractivity contribution in [3.05, 3.63) is 35.4 Å². The number of thiazole rings is 1. The second-order valence-electron chi connectivity index (χ2n) is 6.81. The predicted molar refractivity (Wildman–Crippen MR) is 114 cm³/mol. The normalized spacial score (nSPS) is 12.2. The number of hydrogen-bond acceptors (Lipinski definition) is 9. The van der Waals surface area contributed by atoms with E-state index < -0.39 is 0 Å². The van der Waals surface area contributed by atoms with E-state index >= 15 is 0 Å². The van der Waals surface area contributed by atoms with Gasteiger partial charge in [0.25, 0.3) is 0 Å². The SMILES string of the molecule is CC(C)CC(CO)Nc1nc(SCc2cccc(C#N)c2)nc2nc(N)sc12. The number of aromatic nitrogens is 3. The number of aliphatic hydroxyl groups is 1. The van der Waals surface area contributed by atoms with Crippen LogP contribution in [0.4, 0.5) is 10.9 Å². The number of nitrogen functional groups attached to an aromatic ring is 1. The van der Waals surface area contributed by atoms with Crippen LogP contribution in [0.15, 0.2) is 29.4 Å². The van der Waals surface area contributed by atoms with Gasteiger partial charge in [-0.3, -0.25) is 0 Å². The lowest BCUT2D eigenvalue weighted by Gasteiger charge is -2.19. The molecule has 1 atom stereocenters. The topological polar surface area (TPSA) is 121 Å². The summed E-state index contributed by atoms with van der Waals surface area (Å²) < 4.78 is 0.788. The third kappa shape index (κ3) is 5.10. The minimum Gasteiger partial charge on any atom is -0.394 e. The molecule has 9 heteroatoms. The van der Waals surface area contributed by atoms with E-state index in [2.05, 4.69) is 40.2 Å². The van der Waals surface area contributed by atoms with E-state index in [0.29, 0.717) is 39.0 Å². The highest BCUT2D eigenvalue weighted by Crippen LogP contribution is 2.32. The smallest absolute Gasteiger partial charge is 0.191 e. The van der Waals surface area contributed by atoms with E-state index in [-0.39, 0.29) is 12.6 Å². The Morgan fingerprint density at radius 2 is 2.14 bits per heavy atom. The van der Waals surface area contributed by atoms with Crippen molar-refractivity contribution in [1.29, 1.82) is 5.26 Å². The molecule has 1 unspecified atom stereocenters. The van der Waals surface area contributed by atoms with Gasteiger partial charge in [-0.2, -0.15) is 5.26 Å². The Labute approximate surface area is 172 Å². The number of fused-ring (bicyclic) bond motifs is 1. The van der Waals surface area contributed by atoms with Crippen LogP contribution < -0.4 is 11.1 Å². The molecule has 0 spiro atoms. The van der Waals surface area contributed by atoms with Crippen LogP contribution in [0.25, 0.3) is 10.3 Å². The summed E-state index contributed by atoms with van der Waals surface area (Å²) in [4.78, 5) is 13.5. The van der Waals surface area contributed by atoms with Crippen molar-refractivity contribution in [2.24, 2.45) is 5.92 Å². The van der Waals surface area contributed by atoms with Crippen molar-refractivity contribution in [3.8, 4) is 6.07 Å². The van der Waals surface area contributed by atoms with Crippen LogP contribution in [0.5, 0.6) is 0 Å². The molecule has 4 N–H and O–H groups in total. The summed E-state index contributed by atoms with van der Waals surface area (Å²) >= 11 is 2.80. The summed E-state index contributed by atoms with van der Waals surface area (Å²) in [5, 5.41) is 23.1. The Kier molecular flexibility index (Phi) is 6.67. The van der Waals surface area contributed by atoms with E-state index in [4.69, 9.17) is 11.0 Å². The standard InChI is InChI=1S/C19H22N6OS2/c1-11(2)6-14(9-26)22-16-15-17(23-18(21)28-15)25-19(24-16)27-10-13-5-3-4-12(7-13)8-20/h3-5,7,11,14,26H,6,9-10H2,1-2H3,(H3,21,22,23,24,25). The van der Waals surface area contributed by atoms with Crippen LogP contribution in [0.3, 0.4) is 0 Å². The number of nitrogens with zero attached hydrogens (tertiary/aromatic N) is 4. The van der Waals surface area contributed by atoms with E-state index in [1.165, 1.54) is 23.1 Å². The van der Waals surface area contributed by atoms with Crippen LogP contribution in [0, 0.1) is 17.2 Å². The highest BCUT2D eigenvalue weighted by Gasteiger charge is 2.17. The van der Waals surface area contributed by atoms with Crippen molar-refractivity contribution in [3.63, 3.8) is 0 Å². The van der Waals surface area contributed by atoms with Crippen molar-refractivity contribution in [2.45, 2.75) is 37.2 Å². The average molecular weight is 415 g/mol. The average Bonchev–Trinajstić information content (AvgIpc) is 3.06. The molecule has 28 heavy (non-hydrogen) atoms. The molecule has 1 aromatic carbocycles. The molecule has 0 amide bonds. The Hall–Kier alpha value is -2.41. The van der Waals surface area contributed by atoms with Crippen molar-refractivity contribution < 1.29 is 5.11 Å². The lowest BCUT2D eigenvalue weighted by molar-refractivity contribution is 0.259. The van der Waals surface area contributed by atoms with Gasteiger partial charge >= 0.3 is 0 Å². The van der Waals surface area contributed by atoms with Gasteiger partial charge in [0.2, 0.25) is 0 Å². The number of anilines is 2. The van der Waals surface area contributed by atoms with E-state index in [0.717, 1.165) is 16.7 Å². The van der Waals surface area contributed by atoms with Gasteiger partial charge in [-0.25, -0.2) is 15.0 Å². The van der Waals surface area contributed by atoms with Crippen LogP contribution in [-0.2, 0) is 5.75 Å². The number of rotatable bonds is 8. The first-order valence-electron chi connectivity index (χ1n) is 8.91. The Morgan fingerprint density at radius 3 is 2.86 bits per heavy atom. The molecule has 0 aliphatic heterocycles. The molecule has 0 aliphatic carbocycles. The zero-order valence-electron chi connectivity index (χ0n) is 15.7. The number of benzene rings is 1. The molecular formula is C19H22N6OS2.